The molecule has 3 nitrogen and oxygen atoms in total. The van der Waals surface area contributed by atoms with E-state index in [1.807, 2.05) is 6.07 Å². The Balaban J connectivity index is 2.47. The van der Waals surface area contributed by atoms with Crippen LogP contribution in [0.4, 0.5) is 0 Å². The fourth-order valence-electron chi connectivity index (χ4n) is 1.68. The largest absolute Gasteiger partial charge is 0.487 e. The fraction of sp³-hybridized carbons (Fsp3) is 0.455. The van der Waals surface area contributed by atoms with Crippen LogP contribution in [0, 0.1) is 11.3 Å². The van der Waals surface area contributed by atoms with Crippen molar-refractivity contribution in [2.45, 2.75) is 32.3 Å². The first-order valence-corrected chi connectivity index (χ1v) is 4.69. The zero-order chi connectivity index (χ0) is 10.2. The van der Waals surface area contributed by atoms with Gasteiger partial charge in [0.2, 0.25) is 0 Å². The maximum atomic E-state index is 8.86. The van der Waals surface area contributed by atoms with Gasteiger partial charge in [-0.05, 0) is 32.8 Å². The van der Waals surface area contributed by atoms with E-state index < -0.39 is 0 Å². The second-order valence-corrected chi connectivity index (χ2v) is 4.11. The van der Waals surface area contributed by atoms with E-state index in [0.29, 0.717) is 5.69 Å². The summed E-state index contributed by atoms with van der Waals surface area (Å²) in [7, 11) is 0. The fourth-order valence-corrected chi connectivity index (χ4v) is 1.68. The quantitative estimate of drug-likeness (QED) is 0.626. The number of ether oxygens (including phenoxy) is 1. The Labute approximate surface area is 83.3 Å². The number of aromatic nitrogens is 1. The van der Waals surface area contributed by atoms with Crippen molar-refractivity contribution in [3.05, 3.63) is 23.5 Å². The van der Waals surface area contributed by atoms with Crippen molar-refractivity contribution >= 4 is 0 Å². The van der Waals surface area contributed by atoms with Crippen LogP contribution in [0.1, 0.15) is 31.5 Å². The van der Waals surface area contributed by atoms with Crippen LogP contribution >= 0.6 is 0 Å². The molecule has 0 aliphatic carbocycles. The van der Waals surface area contributed by atoms with E-state index in [4.69, 9.17) is 10.00 Å². The van der Waals surface area contributed by atoms with Crippen molar-refractivity contribution in [1.29, 1.82) is 5.26 Å². The minimum atomic E-state index is -0.124. The molecule has 0 aromatic carbocycles. The van der Waals surface area contributed by atoms with Crippen LogP contribution < -0.4 is 4.74 Å². The van der Waals surface area contributed by atoms with Crippen molar-refractivity contribution in [1.82, 2.24) is 4.98 Å². The number of hydrogen-bond donors (Lipinski definition) is 0. The standard InChI is InChI=1S/C11H12N2O/c1-11(2)5-3-8-9(7-12)13-6-4-10(8)14-11/h4,6H,3,5H2,1-2H3. The Morgan fingerprint density at radius 2 is 2.36 bits per heavy atom. The van der Waals surface area contributed by atoms with Crippen molar-refractivity contribution in [3.8, 4) is 11.8 Å². The van der Waals surface area contributed by atoms with Crippen LogP contribution in [-0.4, -0.2) is 10.6 Å². The van der Waals surface area contributed by atoms with Crippen molar-refractivity contribution < 1.29 is 4.74 Å². The van der Waals surface area contributed by atoms with Gasteiger partial charge in [0.1, 0.15) is 23.1 Å². The molecule has 2 rings (SSSR count). The van der Waals surface area contributed by atoms with E-state index in [0.717, 1.165) is 24.2 Å². The Morgan fingerprint density at radius 1 is 1.57 bits per heavy atom. The van der Waals surface area contributed by atoms with Crippen LogP contribution in [-0.2, 0) is 6.42 Å². The number of rotatable bonds is 0. The molecule has 2 heterocycles. The summed E-state index contributed by atoms with van der Waals surface area (Å²) in [5.74, 6) is 0.813. The van der Waals surface area contributed by atoms with E-state index in [9.17, 15) is 0 Å². The highest BCUT2D eigenvalue weighted by molar-refractivity contribution is 5.43. The summed E-state index contributed by atoms with van der Waals surface area (Å²) in [6.45, 7) is 4.12. The number of nitrogens with zero attached hydrogens (tertiary/aromatic N) is 2. The van der Waals surface area contributed by atoms with E-state index in [1.54, 1.807) is 6.20 Å². The third kappa shape index (κ3) is 1.44. The summed E-state index contributed by atoms with van der Waals surface area (Å²) in [6.07, 6.45) is 3.43. The third-order valence-electron chi connectivity index (χ3n) is 2.48. The maximum absolute atomic E-state index is 8.86. The lowest BCUT2D eigenvalue weighted by molar-refractivity contribution is 0.0843. The van der Waals surface area contributed by atoms with Gasteiger partial charge in [-0.15, -0.1) is 0 Å². The third-order valence-corrected chi connectivity index (χ3v) is 2.48. The molecule has 1 aromatic rings. The minimum absolute atomic E-state index is 0.124. The lowest BCUT2D eigenvalue weighted by atomic mass is 9.94. The highest BCUT2D eigenvalue weighted by Crippen LogP contribution is 2.33. The van der Waals surface area contributed by atoms with Gasteiger partial charge < -0.3 is 4.74 Å². The van der Waals surface area contributed by atoms with Gasteiger partial charge in [0.05, 0.1) is 0 Å². The van der Waals surface area contributed by atoms with Gasteiger partial charge in [0.15, 0.2) is 0 Å². The maximum Gasteiger partial charge on any atom is 0.147 e. The zero-order valence-electron chi connectivity index (χ0n) is 8.37. The molecule has 14 heavy (non-hydrogen) atoms. The van der Waals surface area contributed by atoms with E-state index in [1.165, 1.54) is 0 Å². The average molecular weight is 188 g/mol. The summed E-state index contributed by atoms with van der Waals surface area (Å²) in [4.78, 5) is 4.02. The first kappa shape index (κ1) is 9.01. The molecule has 0 fully saturated rings. The second-order valence-electron chi connectivity index (χ2n) is 4.11. The van der Waals surface area contributed by atoms with Gasteiger partial charge in [-0.1, -0.05) is 0 Å². The van der Waals surface area contributed by atoms with Crippen LogP contribution in [0.5, 0.6) is 5.75 Å². The lowest BCUT2D eigenvalue weighted by Crippen LogP contribution is -2.33. The Kier molecular flexibility index (Phi) is 1.92. The molecule has 0 N–H and O–H groups in total. The van der Waals surface area contributed by atoms with Crippen LogP contribution in [0.3, 0.4) is 0 Å². The smallest absolute Gasteiger partial charge is 0.147 e. The predicted molar refractivity (Wildman–Crippen MR) is 52.0 cm³/mol. The summed E-state index contributed by atoms with van der Waals surface area (Å²) < 4.78 is 5.77. The van der Waals surface area contributed by atoms with Gasteiger partial charge in [0, 0.05) is 11.8 Å². The molecule has 0 radical (unpaired) electrons. The van der Waals surface area contributed by atoms with E-state index >= 15 is 0 Å². The van der Waals surface area contributed by atoms with Crippen LogP contribution in [0.25, 0.3) is 0 Å². The molecular weight excluding hydrogens is 176 g/mol. The van der Waals surface area contributed by atoms with Gasteiger partial charge in [-0.2, -0.15) is 5.26 Å². The molecule has 0 saturated carbocycles. The normalized spacial score (nSPS) is 17.8. The van der Waals surface area contributed by atoms with Crippen molar-refractivity contribution in [2.75, 3.05) is 0 Å². The summed E-state index contributed by atoms with van der Waals surface area (Å²) in [5, 5.41) is 8.86. The Morgan fingerprint density at radius 3 is 3.07 bits per heavy atom. The summed E-state index contributed by atoms with van der Waals surface area (Å²) in [5.41, 5.74) is 1.33. The first-order chi connectivity index (χ1) is 6.62. The molecule has 0 amide bonds. The molecular formula is C11H12N2O. The molecule has 1 aliphatic heterocycles. The first-order valence-electron chi connectivity index (χ1n) is 4.69. The van der Waals surface area contributed by atoms with Gasteiger partial charge >= 0.3 is 0 Å². The molecule has 1 aromatic heterocycles. The molecule has 0 unspecified atom stereocenters. The highest BCUT2D eigenvalue weighted by Gasteiger charge is 2.28. The topological polar surface area (TPSA) is 45.9 Å². The second kappa shape index (κ2) is 2.98. The van der Waals surface area contributed by atoms with Gasteiger partial charge in [0.25, 0.3) is 0 Å². The van der Waals surface area contributed by atoms with Gasteiger partial charge in [-0.3, -0.25) is 0 Å². The number of pyridine rings is 1. The predicted octanol–water partition coefficient (Wildman–Crippen LogP) is 2.06. The molecule has 3 heteroatoms. The van der Waals surface area contributed by atoms with Gasteiger partial charge in [-0.25, -0.2) is 4.98 Å². The summed E-state index contributed by atoms with van der Waals surface area (Å²) >= 11 is 0. The Hall–Kier alpha value is -1.56. The lowest BCUT2D eigenvalue weighted by Gasteiger charge is -2.32. The number of nitriles is 1. The van der Waals surface area contributed by atoms with Crippen LogP contribution in [0.2, 0.25) is 0 Å². The summed E-state index contributed by atoms with van der Waals surface area (Å²) in [6, 6.07) is 3.92. The monoisotopic (exact) mass is 188 g/mol. The molecule has 0 saturated heterocycles. The number of hydrogen-bond acceptors (Lipinski definition) is 3. The minimum Gasteiger partial charge on any atom is -0.487 e. The van der Waals surface area contributed by atoms with Crippen LogP contribution in [0.15, 0.2) is 12.3 Å². The molecule has 0 bridgehead atoms. The van der Waals surface area contributed by atoms with E-state index in [-0.39, 0.29) is 5.60 Å². The molecule has 72 valence electrons. The van der Waals surface area contributed by atoms with E-state index in [2.05, 4.69) is 24.9 Å². The average Bonchev–Trinajstić information content (AvgIpc) is 2.15. The number of fused-ring (bicyclic) bond motifs is 1. The molecule has 0 atom stereocenters. The highest BCUT2D eigenvalue weighted by atomic mass is 16.5. The molecule has 1 aliphatic rings. The molecule has 0 spiro atoms. The van der Waals surface area contributed by atoms with Crippen molar-refractivity contribution in [2.24, 2.45) is 0 Å². The SMILES string of the molecule is CC1(C)CCc2c(ccnc2C#N)O1. The Bertz CT molecular complexity index is 404. The zero-order valence-corrected chi connectivity index (χ0v) is 8.37. The van der Waals surface area contributed by atoms with Crippen molar-refractivity contribution in [3.63, 3.8) is 0 Å².